The SMILES string of the molecule is COc1ccc2c(C)c(CCC(=O)N3CCCC(c4nc5ccccc5[nH]4)C3)c(=O)oc2c1. The van der Waals surface area contributed by atoms with Crippen LogP contribution in [0.4, 0.5) is 0 Å². The highest BCUT2D eigenvalue weighted by atomic mass is 16.5. The van der Waals surface area contributed by atoms with E-state index in [1.54, 1.807) is 13.2 Å². The second-order valence-corrected chi connectivity index (χ2v) is 8.67. The fourth-order valence-electron chi connectivity index (χ4n) is 4.77. The van der Waals surface area contributed by atoms with Crippen molar-refractivity contribution in [2.24, 2.45) is 0 Å². The molecule has 170 valence electrons. The molecule has 33 heavy (non-hydrogen) atoms. The van der Waals surface area contributed by atoms with E-state index in [-0.39, 0.29) is 23.9 Å². The molecular formula is C26H27N3O4. The third kappa shape index (κ3) is 4.11. The Kier molecular flexibility index (Phi) is 5.62. The summed E-state index contributed by atoms with van der Waals surface area (Å²) in [6.45, 7) is 3.29. The van der Waals surface area contributed by atoms with Crippen LogP contribution in [0.3, 0.4) is 0 Å². The molecule has 4 aromatic rings. The van der Waals surface area contributed by atoms with Crippen LogP contribution in [-0.4, -0.2) is 41.0 Å². The number of likely N-dealkylation sites (tertiary alicyclic amines) is 1. The van der Waals surface area contributed by atoms with Crippen LogP contribution in [0.1, 0.15) is 42.1 Å². The average molecular weight is 446 g/mol. The van der Waals surface area contributed by atoms with Gasteiger partial charge in [-0.3, -0.25) is 4.79 Å². The number of hydrogen-bond donors (Lipinski definition) is 1. The highest BCUT2D eigenvalue weighted by Crippen LogP contribution is 2.28. The monoisotopic (exact) mass is 445 g/mol. The number of hydrogen-bond acceptors (Lipinski definition) is 5. The number of fused-ring (bicyclic) bond motifs is 2. The van der Waals surface area contributed by atoms with Crippen molar-refractivity contribution in [3.05, 3.63) is 69.8 Å². The lowest BCUT2D eigenvalue weighted by Gasteiger charge is -2.32. The molecule has 7 nitrogen and oxygen atoms in total. The van der Waals surface area contributed by atoms with Gasteiger partial charge in [-0.1, -0.05) is 12.1 Å². The molecule has 1 fully saturated rings. The fraction of sp³-hybridized carbons (Fsp3) is 0.346. The Balaban J connectivity index is 1.29. The van der Waals surface area contributed by atoms with Crippen LogP contribution in [0, 0.1) is 6.92 Å². The standard InChI is InChI=1S/C26H27N3O4/c1-16-19-10-9-18(32-2)14-23(19)33-26(31)20(16)11-12-24(30)29-13-5-6-17(15-29)25-27-21-7-3-4-8-22(21)28-25/h3-4,7-10,14,17H,5-6,11-13,15H2,1-2H3,(H,27,28). The van der Waals surface area contributed by atoms with Crippen molar-refractivity contribution in [2.75, 3.05) is 20.2 Å². The van der Waals surface area contributed by atoms with E-state index in [4.69, 9.17) is 14.1 Å². The largest absolute Gasteiger partial charge is 0.497 e. The Labute approximate surface area is 191 Å². The molecule has 7 heteroatoms. The molecule has 1 unspecified atom stereocenters. The van der Waals surface area contributed by atoms with Gasteiger partial charge in [0.15, 0.2) is 0 Å². The number of para-hydroxylation sites is 2. The third-order valence-electron chi connectivity index (χ3n) is 6.65. The number of nitrogens with zero attached hydrogens (tertiary/aromatic N) is 2. The van der Waals surface area contributed by atoms with Crippen LogP contribution in [0.15, 0.2) is 51.7 Å². The molecule has 0 spiro atoms. The maximum atomic E-state index is 13.0. The van der Waals surface area contributed by atoms with E-state index in [1.807, 2.05) is 48.2 Å². The Morgan fingerprint density at radius 1 is 1.27 bits per heavy atom. The molecule has 1 saturated heterocycles. The molecule has 1 amide bonds. The van der Waals surface area contributed by atoms with Crippen LogP contribution in [0.25, 0.3) is 22.0 Å². The molecule has 5 rings (SSSR count). The minimum absolute atomic E-state index is 0.0597. The summed E-state index contributed by atoms with van der Waals surface area (Å²) in [6, 6.07) is 13.4. The van der Waals surface area contributed by atoms with E-state index in [1.165, 1.54) is 0 Å². The number of methoxy groups -OCH3 is 1. The van der Waals surface area contributed by atoms with Gasteiger partial charge in [-0.2, -0.15) is 0 Å². The number of carbonyl (C=O) groups is 1. The predicted octanol–water partition coefficient (Wildman–Crippen LogP) is 4.33. The number of ether oxygens (including phenoxy) is 1. The second kappa shape index (κ2) is 8.73. The third-order valence-corrected chi connectivity index (χ3v) is 6.65. The Morgan fingerprint density at radius 3 is 2.94 bits per heavy atom. The van der Waals surface area contributed by atoms with E-state index in [2.05, 4.69) is 4.98 Å². The maximum absolute atomic E-state index is 13.0. The van der Waals surface area contributed by atoms with Crippen molar-refractivity contribution >= 4 is 27.9 Å². The molecular weight excluding hydrogens is 418 g/mol. The van der Waals surface area contributed by atoms with Gasteiger partial charge in [0.2, 0.25) is 5.91 Å². The second-order valence-electron chi connectivity index (χ2n) is 8.67. The number of aryl methyl sites for hydroxylation is 1. The van der Waals surface area contributed by atoms with E-state index in [0.717, 1.165) is 47.2 Å². The molecule has 1 N–H and O–H groups in total. The van der Waals surface area contributed by atoms with E-state index >= 15 is 0 Å². The molecule has 2 aromatic carbocycles. The topological polar surface area (TPSA) is 88.4 Å². The van der Waals surface area contributed by atoms with Gasteiger partial charge in [0.25, 0.3) is 0 Å². The van der Waals surface area contributed by atoms with Crippen molar-refractivity contribution in [3.8, 4) is 5.75 Å². The molecule has 1 atom stereocenters. The van der Waals surface area contributed by atoms with Crippen molar-refractivity contribution in [1.82, 2.24) is 14.9 Å². The number of rotatable bonds is 5. The summed E-state index contributed by atoms with van der Waals surface area (Å²) < 4.78 is 10.7. The number of aromatic amines is 1. The van der Waals surface area contributed by atoms with Gasteiger partial charge in [-0.15, -0.1) is 0 Å². The highest BCUT2D eigenvalue weighted by Gasteiger charge is 2.27. The van der Waals surface area contributed by atoms with Gasteiger partial charge >= 0.3 is 5.63 Å². The molecule has 0 radical (unpaired) electrons. The lowest BCUT2D eigenvalue weighted by molar-refractivity contribution is -0.132. The summed E-state index contributed by atoms with van der Waals surface area (Å²) in [5.74, 6) is 1.83. The molecule has 0 saturated carbocycles. The number of amides is 1. The zero-order chi connectivity index (χ0) is 22.9. The first kappa shape index (κ1) is 21.2. The normalized spacial score (nSPS) is 16.4. The molecule has 0 bridgehead atoms. The number of piperidine rings is 1. The number of carbonyl (C=O) groups excluding carboxylic acids is 1. The molecule has 2 aromatic heterocycles. The summed E-state index contributed by atoms with van der Waals surface area (Å²) in [6.07, 6.45) is 2.58. The smallest absolute Gasteiger partial charge is 0.339 e. The molecule has 0 aliphatic carbocycles. The van der Waals surface area contributed by atoms with E-state index in [0.29, 0.717) is 29.9 Å². The van der Waals surface area contributed by atoms with E-state index in [9.17, 15) is 9.59 Å². The zero-order valence-corrected chi connectivity index (χ0v) is 18.9. The van der Waals surface area contributed by atoms with Crippen LogP contribution >= 0.6 is 0 Å². The summed E-state index contributed by atoms with van der Waals surface area (Å²) in [4.78, 5) is 35.7. The summed E-state index contributed by atoms with van der Waals surface area (Å²) in [5.41, 5.74) is 3.50. The highest BCUT2D eigenvalue weighted by molar-refractivity contribution is 5.83. The van der Waals surface area contributed by atoms with Gasteiger partial charge in [0, 0.05) is 42.4 Å². The van der Waals surface area contributed by atoms with Crippen molar-refractivity contribution in [3.63, 3.8) is 0 Å². The number of aromatic nitrogens is 2. The minimum Gasteiger partial charge on any atom is -0.497 e. The predicted molar refractivity (Wildman–Crippen MR) is 127 cm³/mol. The minimum atomic E-state index is -0.389. The number of benzene rings is 2. The van der Waals surface area contributed by atoms with Gasteiger partial charge in [0.05, 0.1) is 18.1 Å². The molecule has 3 heterocycles. The zero-order valence-electron chi connectivity index (χ0n) is 18.9. The first-order chi connectivity index (χ1) is 16.0. The van der Waals surface area contributed by atoms with Gasteiger partial charge in [-0.05, 0) is 56.0 Å². The van der Waals surface area contributed by atoms with Crippen molar-refractivity contribution < 1.29 is 13.9 Å². The summed E-state index contributed by atoms with van der Waals surface area (Å²) in [5, 5.41) is 0.862. The lowest BCUT2D eigenvalue weighted by atomic mass is 9.96. The summed E-state index contributed by atoms with van der Waals surface area (Å²) in [7, 11) is 1.57. The summed E-state index contributed by atoms with van der Waals surface area (Å²) >= 11 is 0. The number of nitrogens with one attached hydrogen (secondary N) is 1. The Hall–Kier alpha value is -3.61. The van der Waals surface area contributed by atoms with Gasteiger partial charge in [-0.25, -0.2) is 9.78 Å². The number of H-pyrrole nitrogens is 1. The first-order valence-electron chi connectivity index (χ1n) is 11.4. The van der Waals surface area contributed by atoms with E-state index < -0.39 is 0 Å². The van der Waals surface area contributed by atoms with Gasteiger partial charge in [0.1, 0.15) is 17.2 Å². The van der Waals surface area contributed by atoms with Gasteiger partial charge < -0.3 is 19.0 Å². The van der Waals surface area contributed by atoms with Crippen LogP contribution in [-0.2, 0) is 11.2 Å². The Bertz CT molecular complexity index is 1350. The van der Waals surface area contributed by atoms with Crippen molar-refractivity contribution in [2.45, 2.75) is 38.5 Å². The van der Waals surface area contributed by atoms with Crippen LogP contribution in [0.5, 0.6) is 5.75 Å². The molecule has 1 aliphatic rings. The average Bonchev–Trinajstić information content (AvgIpc) is 3.28. The quantitative estimate of drug-likeness (QED) is 0.462. The first-order valence-corrected chi connectivity index (χ1v) is 11.4. The van der Waals surface area contributed by atoms with Crippen LogP contribution < -0.4 is 10.4 Å². The maximum Gasteiger partial charge on any atom is 0.339 e. The fourth-order valence-corrected chi connectivity index (χ4v) is 4.77. The van der Waals surface area contributed by atoms with Crippen LogP contribution in [0.2, 0.25) is 0 Å². The van der Waals surface area contributed by atoms with Crippen molar-refractivity contribution in [1.29, 1.82) is 0 Å². The molecule has 1 aliphatic heterocycles. The number of imidazole rings is 1. The lowest BCUT2D eigenvalue weighted by Crippen LogP contribution is -2.39. The Morgan fingerprint density at radius 2 is 2.12 bits per heavy atom.